The van der Waals surface area contributed by atoms with Gasteiger partial charge < -0.3 is 5.73 Å². The quantitative estimate of drug-likeness (QED) is 0.794. The van der Waals surface area contributed by atoms with Crippen LogP contribution in [0.5, 0.6) is 0 Å². The van der Waals surface area contributed by atoms with Crippen LogP contribution in [0.25, 0.3) is 0 Å². The maximum atomic E-state index is 14.0. The Morgan fingerprint density at radius 3 is 2.32 bits per heavy atom. The molecule has 1 nitrogen and oxygen atoms in total. The van der Waals surface area contributed by atoms with Gasteiger partial charge >= 0.3 is 6.18 Å². The van der Waals surface area contributed by atoms with E-state index in [1.165, 1.54) is 12.1 Å². The molecular formula is C14H17F4N. The normalized spacial score (nSPS) is 19.4. The highest BCUT2D eigenvalue weighted by molar-refractivity contribution is 5.30. The summed E-state index contributed by atoms with van der Waals surface area (Å²) < 4.78 is 51.9. The summed E-state index contributed by atoms with van der Waals surface area (Å²) in [6.07, 6.45) is 0.187. The van der Waals surface area contributed by atoms with Crippen LogP contribution in [0.4, 0.5) is 17.6 Å². The zero-order valence-electron chi connectivity index (χ0n) is 10.5. The molecular weight excluding hydrogens is 258 g/mol. The van der Waals surface area contributed by atoms with Gasteiger partial charge in [0.2, 0.25) is 0 Å². The number of alkyl halides is 3. The highest BCUT2D eigenvalue weighted by atomic mass is 19.4. The van der Waals surface area contributed by atoms with Gasteiger partial charge in [0.1, 0.15) is 5.82 Å². The van der Waals surface area contributed by atoms with E-state index >= 15 is 0 Å². The molecule has 1 saturated carbocycles. The number of halogens is 4. The van der Waals surface area contributed by atoms with Gasteiger partial charge in [0.15, 0.2) is 0 Å². The molecule has 1 aliphatic carbocycles. The molecule has 106 valence electrons. The molecule has 19 heavy (non-hydrogen) atoms. The minimum Gasteiger partial charge on any atom is -0.324 e. The van der Waals surface area contributed by atoms with Crippen LogP contribution in [-0.2, 0) is 6.18 Å². The Balaban J connectivity index is 2.29. The maximum absolute atomic E-state index is 14.0. The van der Waals surface area contributed by atoms with Crippen LogP contribution in [-0.4, -0.2) is 0 Å². The van der Waals surface area contributed by atoms with Crippen LogP contribution in [0.2, 0.25) is 0 Å². The molecule has 2 N–H and O–H groups in total. The van der Waals surface area contributed by atoms with Crippen LogP contribution < -0.4 is 5.73 Å². The van der Waals surface area contributed by atoms with Gasteiger partial charge in [0.25, 0.3) is 0 Å². The van der Waals surface area contributed by atoms with E-state index in [1.54, 1.807) is 0 Å². The molecule has 1 atom stereocenters. The molecule has 0 amide bonds. The van der Waals surface area contributed by atoms with Gasteiger partial charge in [-0.25, -0.2) is 4.39 Å². The lowest BCUT2D eigenvalue weighted by molar-refractivity contribution is -0.140. The van der Waals surface area contributed by atoms with Gasteiger partial charge in [-0.15, -0.1) is 0 Å². The number of hydrogen-bond donors (Lipinski definition) is 1. The lowest BCUT2D eigenvalue weighted by Gasteiger charge is -2.28. The smallest absolute Gasteiger partial charge is 0.324 e. The number of rotatable bonds is 2. The number of hydrogen-bond acceptors (Lipinski definition) is 1. The summed E-state index contributed by atoms with van der Waals surface area (Å²) in [4.78, 5) is 0. The Kier molecular flexibility index (Phi) is 4.13. The molecule has 0 saturated heterocycles. The van der Waals surface area contributed by atoms with Crippen LogP contribution in [0, 0.1) is 11.7 Å². The molecule has 1 aromatic carbocycles. The van der Waals surface area contributed by atoms with Crippen molar-refractivity contribution in [1.29, 1.82) is 0 Å². The summed E-state index contributed by atoms with van der Waals surface area (Å²) in [6, 6.07) is 2.70. The van der Waals surface area contributed by atoms with E-state index < -0.39 is 23.6 Å². The fraction of sp³-hybridized carbons (Fsp3) is 0.571. The monoisotopic (exact) mass is 275 g/mol. The topological polar surface area (TPSA) is 26.0 Å². The molecule has 0 aromatic heterocycles. The van der Waals surface area contributed by atoms with Gasteiger partial charge in [-0.3, -0.25) is 0 Å². The molecule has 0 unspecified atom stereocenters. The second-order valence-electron chi connectivity index (χ2n) is 5.13. The lowest BCUT2D eigenvalue weighted by Crippen LogP contribution is -2.25. The van der Waals surface area contributed by atoms with E-state index in [9.17, 15) is 17.6 Å². The van der Waals surface area contributed by atoms with Gasteiger partial charge in [0.05, 0.1) is 5.56 Å². The summed E-state index contributed by atoms with van der Waals surface area (Å²) in [5.41, 5.74) is 4.74. The van der Waals surface area contributed by atoms with Crippen LogP contribution in [0.1, 0.15) is 49.3 Å². The molecule has 5 heteroatoms. The molecule has 0 radical (unpaired) electrons. The molecule has 2 rings (SSSR count). The molecule has 1 fully saturated rings. The first kappa shape index (κ1) is 14.3. The average Bonchev–Trinajstić information content (AvgIpc) is 2.38. The van der Waals surface area contributed by atoms with Crippen molar-refractivity contribution in [2.75, 3.05) is 0 Å². The van der Waals surface area contributed by atoms with Gasteiger partial charge in [-0.1, -0.05) is 31.4 Å². The van der Waals surface area contributed by atoms with Crippen molar-refractivity contribution in [1.82, 2.24) is 0 Å². The van der Waals surface area contributed by atoms with Crippen molar-refractivity contribution in [3.05, 3.63) is 35.1 Å². The van der Waals surface area contributed by atoms with E-state index in [0.29, 0.717) is 0 Å². The summed E-state index contributed by atoms with van der Waals surface area (Å²) >= 11 is 0. The third-order valence-corrected chi connectivity index (χ3v) is 3.85. The molecule has 1 aromatic rings. The predicted molar refractivity (Wildman–Crippen MR) is 64.9 cm³/mol. The van der Waals surface area contributed by atoms with E-state index in [4.69, 9.17) is 5.73 Å². The second-order valence-corrected chi connectivity index (χ2v) is 5.13. The summed E-state index contributed by atoms with van der Waals surface area (Å²) in [7, 11) is 0. The largest absolute Gasteiger partial charge is 0.419 e. The number of benzene rings is 1. The van der Waals surface area contributed by atoms with E-state index in [-0.39, 0.29) is 11.5 Å². The van der Waals surface area contributed by atoms with Crippen LogP contribution in [0.3, 0.4) is 0 Å². The third-order valence-electron chi connectivity index (χ3n) is 3.85. The van der Waals surface area contributed by atoms with Crippen LogP contribution >= 0.6 is 0 Å². The van der Waals surface area contributed by atoms with Crippen molar-refractivity contribution in [2.45, 2.75) is 44.3 Å². The highest BCUT2D eigenvalue weighted by Gasteiger charge is 2.36. The zero-order chi connectivity index (χ0) is 14.0. The van der Waals surface area contributed by atoms with Gasteiger partial charge in [0, 0.05) is 11.6 Å². The Morgan fingerprint density at radius 1 is 1.11 bits per heavy atom. The zero-order valence-corrected chi connectivity index (χ0v) is 10.5. The van der Waals surface area contributed by atoms with Crippen molar-refractivity contribution < 1.29 is 17.6 Å². The van der Waals surface area contributed by atoms with E-state index in [2.05, 4.69) is 0 Å². The van der Waals surface area contributed by atoms with Crippen LogP contribution in [0.15, 0.2) is 18.2 Å². The first-order valence-electron chi connectivity index (χ1n) is 6.52. The Hall–Kier alpha value is -1.10. The third kappa shape index (κ3) is 3.08. The fourth-order valence-corrected chi connectivity index (χ4v) is 2.77. The van der Waals surface area contributed by atoms with Gasteiger partial charge in [-0.05, 0) is 24.8 Å². The minimum atomic E-state index is -4.67. The Labute approximate surface area is 109 Å². The molecule has 0 heterocycles. The maximum Gasteiger partial charge on any atom is 0.419 e. The molecule has 0 spiro atoms. The Bertz CT molecular complexity index is 436. The first-order valence-corrected chi connectivity index (χ1v) is 6.52. The Morgan fingerprint density at radius 2 is 1.74 bits per heavy atom. The lowest BCUT2D eigenvalue weighted by atomic mass is 9.81. The van der Waals surface area contributed by atoms with Crippen molar-refractivity contribution in [3.8, 4) is 0 Å². The summed E-state index contributed by atoms with van der Waals surface area (Å²) in [5.74, 6) is -1.14. The molecule has 1 aliphatic rings. The van der Waals surface area contributed by atoms with E-state index in [0.717, 1.165) is 38.2 Å². The fourth-order valence-electron chi connectivity index (χ4n) is 2.77. The molecule has 0 aliphatic heterocycles. The molecule has 0 bridgehead atoms. The van der Waals surface area contributed by atoms with Crippen molar-refractivity contribution in [2.24, 2.45) is 11.7 Å². The SMILES string of the molecule is N[C@H](c1cccc(C(F)(F)F)c1F)C1CCCCC1. The average molecular weight is 275 g/mol. The summed E-state index contributed by atoms with van der Waals surface area (Å²) in [5, 5.41) is 0. The van der Waals surface area contributed by atoms with Gasteiger partial charge in [-0.2, -0.15) is 13.2 Å². The summed E-state index contributed by atoms with van der Waals surface area (Å²) in [6.45, 7) is 0. The standard InChI is InChI=1S/C14H17F4N/c15-12-10(7-4-8-11(12)14(16,17)18)13(19)9-5-2-1-3-6-9/h4,7-9,13H,1-3,5-6,19H2/t13-/m0/s1. The van der Waals surface area contributed by atoms with E-state index in [1.807, 2.05) is 0 Å². The highest BCUT2D eigenvalue weighted by Crippen LogP contribution is 2.37. The predicted octanol–water partition coefficient (Wildman–Crippen LogP) is 4.42. The number of nitrogens with two attached hydrogens (primary N) is 1. The van der Waals surface area contributed by atoms with Crippen molar-refractivity contribution in [3.63, 3.8) is 0 Å². The first-order chi connectivity index (χ1) is 8.91. The minimum absolute atomic E-state index is 0.0123. The second kappa shape index (κ2) is 5.49. The van der Waals surface area contributed by atoms with Crippen molar-refractivity contribution >= 4 is 0 Å².